The van der Waals surface area contributed by atoms with Gasteiger partial charge in [0.25, 0.3) is 5.56 Å². The second-order valence-corrected chi connectivity index (χ2v) is 7.04. The van der Waals surface area contributed by atoms with Crippen LogP contribution in [0.1, 0.15) is 22.4 Å². The molecule has 7 heteroatoms. The molecule has 1 aromatic heterocycles. The zero-order valence-electron chi connectivity index (χ0n) is 17.6. The molecule has 0 aliphatic heterocycles. The maximum absolute atomic E-state index is 13.0. The van der Waals surface area contributed by atoms with Crippen LogP contribution < -0.4 is 20.3 Å². The highest BCUT2D eigenvalue weighted by molar-refractivity contribution is 5.90. The van der Waals surface area contributed by atoms with Crippen LogP contribution in [0.4, 0.5) is 5.69 Å². The molecule has 30 heavy (non-hydrogen) atoms. The summed E-state index contributed by atoms with van der Waals surface area (Å²) in [7, 11) is 3.17. The molecule has 156 valence electrons. The lowest BCUT2D eigenvalue weighted by Gasteiger charge is -2.12. The van der Waals surface area contributed by atoms with Crippen LogP contribution in [-0.2, 0) is 17.8 Å². The van der Waals surface area contributed by atoms with Gasteiger partial charge in [-0.2, -0.15) is 5.10 Å². The third-order valence-electron chi connectivity index (χ3n) is 4.67. The summed E-state index contributed by atoms with van der Waals surface area (Å²) in [6, 6.07) is 14.6. The number of carbonyl (C=O) groups is 1. The lowest BCUT2D eigenvalue weighted by Crippen LogP contribution is -2.32. The van der Waals surface area contributed by atoms with Gasteiger partial charge in [0, 0.05) is 23.2 Å². The highest BCUT2D eigenvalue weighted by Gasteiger charge is 2.14. The van der Waals surface area contributed by atoms with Gasteiger partial charge in [-0.05, 0) is 50.2 Å². The zero-order chi connectivity index (χ0) is 21.7. The van der Waals surface area contributed by atoms with Crippen LogP contribution in [0, 0.1) is 13.8 Å². The molecule has 0 aliphatic rings. The first-order chi connectivity index (χ1) is 14.4. The normalized spacial score (nSPS) is 10.5. The predicted octanol–water partition coefficient (Wildman–Crippen LogP) is 3.11. The van der Waals surface area contributed by atoms with Crippen molar-refractivity contribution in [3.63, 3.8) is 0 Å². The predicted molar refractivity (Wildman–Crippen MR) is 115 cm³/mol. The van der Waals surface area contributed by atoms with Gasteiger partial charge in [-0.1, -0.05) is 17.7 Å². The number of hydrogen-bond donors (Lipinski definition) is 1. The van der Waals surface area contributed by atoms with Crippen LogP contribution in [0.2, 0.25) is 0 Å². The molecule has 1 N–H and O–H groups in total. The Hall–Kier alpha value is -3.61. The molecule has 0 unspecified atom stereocenters. The second-order valence-electron chi connectivity index (χ2n) is 7.04. The maximum atomic E-state index is 13.0. The number of anilines is 1. The van der Waals surface area contributed by atoms with Crippen molar-refractivity contribution < 1.29 is 14.3 Å². The van der Waals surface area contributed by atoms with E-state index < -0.39 is 0 Å². The third kappa shape index (κ3) is 5.05. The van der Waals surface area contributed by atoms with Crippen LogP contribution in [0.25, 0.3) is 0 Å². The Bertz CT molecular complexity index is 1100. The summed E-state index contributed by atoms with van der Waals surface area (Å²) in [5.41, 5.74) is 3.45. The van der Waals surface area contributed by atoms with E-state index in [0.29, 0.717) is 34.9 Å². The van der Waals surface area contributed by atoms with E-state index in [9.17, 15) is 9.59 Å². The Balaban J connectivity index is 1.84. The first-order valence-corrected chi connectivity index (χ1v) is 9.54. The van der Waals surface area contributed by atoms with Gasteiger partial charge in [-0.3, -0.25) is 9.59 Å². The van der Waals surface area contributed by atoms with Crippen LogP contribution in [-0.4, -0.2) is 29.9 Å². The number of hydrogen-bond acceptors (Lipinski definition) is 5. The van der Waals surface area contributed by atoms with Crippen LogP contribution in [0.5, 0.6) is 11.5 Å². The molecule has 3 aromatic rings. The van der Waals surface area contributed by atoms with E-state index in [4.69, 9.17) is 9.47 Å². The second kappa shape index (κ2) is 9.26. The fourth-order valence-electron chi connectivity index (χ4n) is 3.18. The van der Waals surface area contributed by atoms with E-state index in [1.807, 2.05) is 37.3 Å². The highest BCUT2D eigenvalue weighted by atomic mass is 16.5. The van der Waals surface area contributed by atoms with Crippen molar-refractivity contribution in [3.8, 4) is 11.5 Å². The molecule has 1 heterocycles. The molecule has 3 rings (SSSR count). The maximum Gasteiger partial charge on any atom is 0.270 e. The number of nitrogens with one attached hydrogen (secondary N) is 1. The number of carbonyl (C=O) groups excluding carboxylic acids is 1. The van der Waals surface area contributed by atoms with E-state index in [-0.39, 0.29) is 18.0 Å². The van der Waals surface area contributed by atoms with E-state index in [2.05, 4.69) is 10.4 Å². The average Bonchev–Trinajstić information content (AvgIpc) is 2.73. The largest absolute Gasteiger partial charge is 0.497 e. The molecule has 2 aromatic carbocycles. The van der Waals surface area contributed by atoms with Crippen LogP contribution in [0.3, 0.4) is 0 Å². The van der Waals surface area contributed by atoms with E-state index in [1.54, 1.807) is 39.3 Å². The fourth-order valence-corrected chi connectivity index (χ4v) is 3.18. The smallest absolute Gasteiger partial charge is 0.270 e. The third-order valence-corrected chi connectivity index (χ3v) is 4.67. The molecule has 0 aliphatic carbocycles. The number of nitrogens with zero attached hydrogens (tertiary/aromatic N) is 2. The molecule has 0 fully saturated rings. The summed E-state index contributed by atoms with van der Waals surface area (Å²) in [6.45, 7) is 3.59. The Morgan fingerprint density at radius 2 is 1.73 bits per heavy atom. The van der Waals surface area contributed by atoms with Crippen molar-refractivity contribution >= 4 is 11.6 Å². The molecule has 7 nitrogen and oxygen atoms in total. The lowest BCUT2D eigenvalue weighted by molar-refractivity contribution is -0.117. The number of methoxy groups -OCH3 is 2. The summed E-state index contributed by atoms with van der Waals surface area (Å²) in [5.74, 6) is 1.02. The summed E-state index contributed by atoms with van der Waals surface area (Å²) in [5, 5.41) is 7.03. The first-order valence-electron chi connectivity index (χ1n) is 9.54. The lowest BCUT2D eigenvalue weighted by atomic mass is 10.0. The summed E-state index contributed by atoms with van der Waals surface area (Å²) >= 11 is 0. The minimum atomic E-state index is -0.316. The monoisotopic (exact) mass is 407 g/mol. The minimum Gasteiger partial charge on any atom is -0.497 e. The van der Waals surface area contributed by atoms with Gasteiger partial charge in [0.15, 0.2) is 0 Å². The van der Waals surface area contributed by atoms with Crippen molar-refractivity contribution in [1.29, 1.82) is 0 Å². The Morgan fingerprint density at radius 1 is 1.00 bits per heavy atom. The van der Waals surface area contributed by atoms with Gasteiger partial charge in [0.2, 0.25) is 5.91 Å². The molecule has 0 saturated carbocycles. The van der Waals surface area contributed by atoms with E-state index >= 15 is 0 Å². The molecule has 1 amide bonds. The summed E-state index contributed by atoms with van der Waals surface area (Å²) in [4.78, 5) is 25.4. The molecular formula is C23H25N3O4. The number of benzene rings is 2. The minimum absolute atomic E-state index is 0.170. The van der Waals surface area contributed by atoms with Crippen molar-refractivity contribution in [1.82, 2.24) is 9.78 Å². The van der Waals surface area contributed by atoms with Crippen molar-refractivity contribution in [2.75, 3.05) is 19.5 Å². The average molecular weight is 407 g/mol. The Morgan fingerprint density at radius 3 is 2.40 bits per heavy atom. The number of amides is 1. The van der Waals surface area contributed by atoms with Crippen molar-refractivity contribution in [2.45, 2.75) is 26.8 Å². The van der Waals surface area contributed by atoms with Gasteiger partial charge in [0.1, 0.15) is 18.0 Å². The fraction of sp³-hybridized carbons (Fsp3) is 0.261. The molecule has 0 bridgehead atoms. The molecule has 0 atom stereocenters. The summed E-state index contributed by atoms with van der Waals surface area (Å²) in [6.07, 6.45) is 0.335. The molecule has 0 radical (unpaired) electrons. The summed E-state index contributed by atoms with van der Waals surface area (Å²) < 4.78 is 11.9. The van der Waals surface area contributed by atoms with E-state index in [1.165, 1.54) is 4.68 Å². The number of rotatable bonds is 7. The highest BCUT2D eigenvalue weighted by Crippen LogP contribution is 2.25. The van der Waals surface area contributed by atoms with Gasteiger partial charge in [-0.25, -0.2) is 4.68 Å². The van der Waals surface area contributed by atoms with Crippen molar-refractivity contribution in [3.05, 3.63) is 81.3 Å². The topological polar surface area (TPSA) is 82.4 Å². The molecular weight excluding hydrogens is 382 g/mol. The molecule has 0 spiro atoms. The number of ether oxygens (including phenoxy) is 2. The number of aromatic nitrogens is 2. The SMILES string of the molecule is COc1ccc(OC)c(Cc2cc(C)nn(CC(=O)Nc3ccc(C)cc3)c2=O)c1. The van der Waals surface area contributed by atoms with Gasteiger partial charge in [0.05, 0.1) is 19.9 Å². The van der Waals surface area contributed by atoms with Gasteiger partial charge in [-0.15, -0.1) is 0 Å². The standard InChI is InChI=1S/C23H25N3O4/c1-15-5-7-19(8-6-15)24-22(27)14-26-23(28)18(11-16(2)25-26)12-17-13-20(29-3)9-10-21(17)30-4/h5-11,13H,12,14H2,1-4H3,(H,24,27). The van der Waals surface area contributed by atoms with Crippen LogP contribution >= 0.6 is 0 Å². The number of aryl methyl sites for hydroxylation is 2. The zero-order valence-corrected chi connectivity index (χ0v) is 17.6. The van der Waals surface area contributed by atoms with Gasteiger partial charge >= 0.3 is 0 Å². The quantitative estimate of drug-likeness (QED) is 0.651. The van der Waals surface area contributed by atoms with E-state index in [0.717, 1.165) is 11.1 Å². The Kier molecular flexibility index (Phi) is 6.51. The van der Waals surface area contributed by atoms with Crippen LogP contribution in [0.15, 0.2) is 53.3 Å². The molecule has 0 saturated heterocycles. The Labute approximate surface area is 175 Å². The van der Waals surface area contributed by atoms with Crippen molar-refractivity contribution in [2.24, 2.45) is 0 Å². The first kappa shape index (κ1) is 21.1. The van der Waals surface area contributed by atoms with Gasteiger partial charge < -0.3 is 14.8 Å².